The largest absolute Gasteiger partial charge is 0.778 e. The fourth-order valence-corrected chi connectivity index (χ4v) is 5.21. The molecule has 4 rings (SSSR count). The van der Waals surface area contributed by atoms with Gasteiger partial charge >= 0.3 is 24.2 Å². The van der Waals surface area contributed by atoms with Crippen LogP contribution in [0.1, 0.15) is 44.3 Å². The zero-order valence-corrected chi connectivity index (χ0v) is 35.4. The highest BCUT2D eigenvalue weighted by Gasteiger charge is 2.40. The maximum Gasteiger partial charge on any atom is 0.355 e. The number of ether oxygens (including phenoxy) is 1. The van der Waals surface area contributed by atoms with Gasteiger partial charge < -0.3 is 24.2 Å². The number of hydroxylamine groups is 2. The molecule has 1 aromatic heterocycles. The molecule has 1 aliphatic rings. The lowest BCUT2D eigenvalue weighted by atomic mass is 9.95. The summed E-state index contributed by atoms with van der Waals surface area (Å²) in [6, 6.07) is 9.49. The number of amides is 1. The molecule has 3 aromatic rings. The van der Waals surface area contributed by atoms with E-state index < -0.39 is 61.2 Å². The number of rotatable bonds is 12. The van der Waals surface area contributed by atoms with Gasteiger partial charge in [-0.3, -0.25) is 24.5 Å². The van der Waals surface area contributed by atoms with E-state index in [0.717, 1.165) is 17.7 Å². The van der Waals surface area contributed by atoms with Crippen molar-refractivity contribution in [3.63, 3.8) is 0 Å². The number of benzene rings is 2. The number of aliphatic carboxylic acids is 1. The van der Waals surface area contributed by atoms with Gasteiger partial charge in [-0.2, -0.15) is 13.5 Å². The quantitative estimate of drug-likeness (QED) is 0.0993. The van der Waals surface area contributed by atoms with Crippen molar-refractivity contribution in [3.05, 3.63) is 79.7 Å². The van der Waals surface area contributed by atoms with Crippen molar-refractivity contribution in [1.29, 1.82) is 0 Å². The fourth-order valence-electron chi connectivity index (χ4n) is 4.17. The van der Waals surface area contributed by atoms with E-state index in [1.165, 1.54) is 12.0 Å². The molecule has 3 N–H and O–H groups in total. The summed E-state index contributed by atoms with van der Waals surface area (Å²) in [5.41, 5.74) is -0.897. The average Bonchev–Trinajstić information content (AvgIpc) is 3.51. The Morgan fingerprint density at radius 3 is 2.20 bits per heavy atom. The molecule has 23 heteroatoms. The fraction of sp³-hybridized carbons (Fsp3) is 0.485. The van der Waals surface area contributed by atoms with Gasteiger partial charge in [-0.15, -0.1) is 16.7 Å². The van der Waals surface area contributed by atoms with Gasteiger partial charge in [-0.1, -0.05) is 41.4 Å². The van der Waals surface area contributed by atoms with Crippen molar-refractivity contribution in [2.75, 3.05) is 44.8 Å². The smallest absolute Gasteiger partial charge is 0.355 e. The Balaban J connectivity index is 0.000000442. The first kappa shape index (κ1) is 50.9. The molecule has 0 saturated carbocycles. The van der Waals surface area contributed by atoms with E-state index in [9.17, 15) is 41.8 Å². The Hall–Kier alpha value is -3.13. The standard InChI is InChI=1S/C15H14Cl2F3N3O3.C12H14ClNO2.C3H8NO5P.C3H9S/c1-3-26-13(24)10(17)4-8-5-12(11(18)6-9(8)16)23-15(25)22(14(19)20)7(2)21-23;1-12(2)8-16-14(11(12)15)7-9-5-3-4-6-10(9)13;5-3(6)1-4-2-10(7,8)9;1-4(2)3/h5-6,10,14H,3-4H2,1-2H3;3-6H,7-8H2,1-2H3;4H,1-2H2,(H,5,6)(H2,7,8,9);1-3H3/q;;;+1/p-1. The highest BCUT2D eigenvalue weighted by Crippen LogP contribution is 2.30. The molecular weight excluding hydrogens is 853 g/mol. The molecule has 56 heavy (non-hydrogen) atoms. The molecule has 2 aromatic carbocycles. The number of carbonyl (C=O) groups excluding carboxylic acids is 2. The van der Waals surface area contributed by atoms with Gasteiger partial charge in [0.1, 0.15) is 24.5 Å². The second kappa shape index (κ2) is 23.3. The number of hydrogen-bond acceptors (Lipinski definition) is 10. The molecule has 2 atom stereocenters. The summed E-state index contributed by atoms with van der Waals surface area (Å²) in [6.07, 6.45) is 5.76. The van der Waals surface area contributed by atoms with E-state index in [4.69, 9.17) is 54.4 Å². The van der Waals surface area contributed by atoms with Crippen LogP contribution in [0.2, 0.25) is 10.0 Å². The number of carboxylic acid groups (broad SMARTS) is 1. The van der Waals surface area contributed by atoms with E-state index >= 15 is 0 Å². The second-order valence-corrected chi connectivity index (χ2v) is 18.0. The maximum atomic E-state index is 14.2. The first-order chi connectivity index (χ1) is 25.8. The van der Waals surface area contributed by atoms with Gasteiger partial charge in [-0.05, 0) is 67.9 Å². The number of alkyl halides is 3. The summed E-state index contributed by atoms with van der Waals surface area (Å²) >= 11 is 17.9. The summed E-state index contributed by atoms with van der Waals surface area (Å²) < 4.78 is 55.4. The Morgan fingerprint density at radius 2 is 1.73 bits per heavy atom. The summed E-state index contributed by atoms with van der Waals surface area (Å²) in [5, 5.41) is 14.5. The van der Waals surface area contributed by atoms with Crippen molar-refractivity contribution in [2.45, 2.75) is 52.6 Å². The Morgan fingerprint density at radius 1 is 1.14 bits per heavy atom. The summed E-state index contributed by atoms with van der Waals surface area (Å²) in [6.45, 7) is 3.91. The highest BCUT2D eigenvalue weighted by molar-refractivity contribution is 7.94. The molecule has 0 radical (unpaired) electrons. The van der Waals surface area contributed by atoms with Crippen LogP contribution in [0.4, 0.5) is 13.2 Å². The summed E-state index contributed by atoms with van der Waals surface area (Å²) in [4.78, 5) is 68.7. The number of hydrogen-bond donors (Lipinski definition) is 3. The number of esters is 1. The first-order valence-corrected chi connectivity index (χ1v) is 21.6. The van der Waals surface area contributed by atoms with Crippen molar-refractivity contribution in [1.82, 2.24) is 24.7 Å². The molecule has 15 nitrogen and oxygen atoms in total. The molecule has 2 unspecified atom stereocenters. The molecule has 314 valence electrons. The molecule has 1 aliphatic heterocycles. The Bertz CT molecular complexity index is 1900. The normalized spacial score (nSPS) is 14.8. The van der Waals surface area contributed by atoms with Crippen LogP contribution in [-0.2, 0) is 52.4 Å². The van der Waals surface area contributed by atoms with Gasteiger partial charge in [0.2, 0.25) is 0 Å². The minimum Gasteiger partial charge on any atom is -0.778 e. The lowest BCUT2D eigenvalue weighted by Crippen LogP contribution is -2.30. The van der Waals surface area contributed by atoms with Crippen LogP contribution >= 0.6 is 42.4 Å². The minimum atomic E-state index is -4.35. The number of nitrogens with one attached hydrogen (secondary N) is 1. The van der Waals surface area contributed by atoms with Crippen molar-refractivity contribution < 1.29 is 56.6 Å². The van der Waals surface area contributed by atoms with E-state index in [1.54, 1.807) is 6.92 Å². The molecule has 2 heterocycles. The molecule has 0 spiro atoms. The predicted octanol–water partition coefficient (Wildman–Crippen LogP) is 4.54. The van der Waals surface area contributed by atoms with Crippen LogP contribution in [0.5, 0.6) is 0 Å². The third kappa shape index (κ3) is 17.2. The van der Waals surface area contributed by atoms with Crippen LogP contribution in [0.15, 0.2) is 41.2 Å². The number of halogens is 6. The molecule has 1 saturated heterocycles. The third-order valence-electron chi connectivity index (χ3n) is 6.71. The molecule has 0 aliphatic carbocycles. The topological polar surface area (TPSA) is 205 Å². The van der Waals surface area contributed by atoms with Gasteiger partial charge in [-0.25, -0.2) is 18.8 Å². The number of carboxylic acids is 1. The van der Waals surface area contributed by atoms with Gasteiger partial charge in [0.25, 0.3) is 5.91 Å². The van der Waals surface area contributed by atoms with E-state index in [2.05, 4.69) is 23.9 Å². The first-order valence-electron chi connectivity index (χ1n) is 16.2. The molecule has 1 fully saturated rings. The highest BCUT2D eigenvalue weighted by atomic mass is 35.5. The van der Waals surface area contributed by atoms with Crippen LogP contribution in [0, 0.1) is 18.2 Å². The Labute approximate surface area is 339 Å². The summed E-state index contributed by atoms with van der Waals surface area (Å²) in [7, 11) is -3.71. The van der Waals surface area contributed by atoms with E-state index in [1.807, 2.05) is 43.4 Å². The average molecular weight is 897 g/mol. The zero-order chi connectivity index (χ0) is 43.1. The maximum absolute atomic E-state index is 14.2. The van der Waals surface area contributed by atoms with Gasteiger partial charge in [0, 0.05) is 16.5 Å². The van der Waals surface area contributed by atoms with E-state index in [-0.39, 0.29) is 45.6 Å². The summed E-state index contributed by atoms with van der Waals surface area (Å²) in [5.74, 6) is -3.09. The molecular formula is C33H44Cl3F3N5O10PS. The SMILES string of the molecule is CC1(C)CON(Cc2ccccc2Cl)C1=O.CCOC(=O)C(Cl)Cc1cc(-n2nc(C)n(C(F)F)c2=O)c(F)cc1Cl.C[S+](C)C.O=C(O)CNCP(=O)([O-])O. The number of aromatic nitrogens is 3. The number of carbonyl (C=O) groups is 3. The third-order valence-corrected chi connectivity index (χ3v) is 8.38. The van der Waals surface area contributed by atoms with Crippen LogP contribution in [-0.4, -0.2) is 97.4 Å². The Kier molecular flexibility index (Phi) is 21.2. The number of aryl methyl sites for hydroxylation is 1. The van der Waals surface area contributed by atoms with Gasteiger partial charge in [0.05, 0.1) is 56.8 Å². The molecule has 1 amide bonds. The molecule has 0 bridgehead atoms. The lowest BCUT2D eigenvalue weighted by Gasteiger charge is -2.16. The number of nitrogens with zero attached hydrogens (tertiary/aromatic N) is 4. The lowest BCUT2D eigenvalue weighted by molar-refractivity contribution is -0.193. The zero-order valence-electron chi connectivity index (χ0n) is 31.4. The predicted molar refractivity (Wildman–Crippen MR) is 206 cm³/mol. The van der Waals surface area contributed by atoms with Crippen molar-refractivity contribution in [2.24, 2.45) is 5.41 Å². The van der Waals surface area contributed by atoms with Crippen LogP contribution in [0.25, 0.3) is 5.69 Å². The van der Waals surface area contributed by atoms with Crippen molar-refractivity contribution in [3.8, 4) is 5.69 Å². The monoisotopic (exact) mass is 895 g/mol. The van der Waals surface area contributed by atoms with E-state index in [0.29, 0.717) is 33.8 Å². The van der Waals surface area contributed by atoms with Crippen molar-refractivity contribution >= 4 is 71.1 Å². The van der Waals surface area contributed by atoms with Crippen LogP contribution in [0.3, 0.4) is 0 Å². The second-order valence-electron chi connectivity index (χ2n) is 12.6. The van der Waals surface area contributed by atoms with Crippen LogP contribution < -0.4 is 15.9 Å². The minimum absolute atomic E-state index is 0.00687. The van der Waals surface area contributed by atoms with Gasteiger partial charge in [0.15, 0.2) is 5.82 Å².